The van der Waals surface area contributed by atoms with Crippen LogP contribution in [0.4, 0.5) is 0 Å². The van der Waals surface area contributed by atoms with Crippen molar-refractivity contribution in [2.75, 3.05) is 13.7 Å². The van der Waals surface area contributed by atoms with Crippen LogP contribution in [0.5, 0.6) is 0 Å². The summed E-state index contributed by atoms with van der Waals surface area (Å²) in [6, 6.07) is 0. The Hall–Kier alpha value is -5.38. The van der Waals surface area contributed by atoms with Gasteiger partial charge < -0.3 is 57.6 Å². The van der Waals surface area contributed by atoms with E-state index >= 15 is 0 Å². The maximum Gasteiger partial charge on any atom is 0.350 e. The summed E-state index contributed by atoms with van der Waals surface area (Å²) < 4.78 is 54.0. The van der Waals surface area contributed by atoms with E-state index in [4.69, 9.17) is 42.6 Å². The summed E-state index contributed by atoms with van der Waals surface area (Å²) in [5, 5.41) is 21.3. The topological polar surface area (TPSA) is 303 Å². The van der Waals surface area contributed by atoms with E-state index in [1.807, 2.05) is 90.0 Å². The molecule has 15 saturated carbocycles. The van der Waals surface area contributed by atoms with E-state index in [-0.39, 0.29) is 176 Å². The second-order valence-corrected chi connectivity index (χ2v) is 46.6. The lowest BCUT2D eigenvalue weighted by Crippen LogP contribution is -2.61. The van der Waals surface area contributed by atoms with E-state index in [0.717, 1.165) is 138 Å². The zero-order valence-electron chi connectivity index (χ0n) is 81.2. The monoisotopic (exact) mass is 1920 g/mol. The summed E-state index contributed by atoms with van der Waals surface area (Å²) in [6.45, 7) is 50.1. The first-order valence-corrected chi connectivity index (χ1v) is 48.3. The van der Waals surface area contributed by atoms with Crippen LogP contribution in [0.3, 0.4) is 0 Å². The molecule has 0 aromatic carbocycles. The highest BCUT2D eigenvalue weighted by atomic mass is 16.6. The lowest BCUT2D eigenvalue weighted by molar-refractivity contribution is -0.226. The van der Waals surface area contributed by atoms with Crippen LogP contribution < -0.4 is 0 Å². The molecule has 15 aliphatic carbocycles. The molecule has 22 heteroatoms. The van der Waals surface area contributed by atoms with Crippen molar-refractivity contribution in [3.63, 3.8) is 0 Å². The summed E-state index contributed by atoms with van der Waals surface area (Å²) in [5.41, 5.74) is -6.48. The lowest BCUT2D eigenvalue weighted by atomic mass is 9.52. The second kappa shape index (κ2) is 51.0. The number of rotatable bonds is 23. The molecule has 135 heavy (non-hydrogen) atoms. The minimum atomic E-state index is -1.44. The molecular formula is C113H214O22. The van der Waals surface area contributed by atoms with Gasteiger partial charge in [0, 0.05) is 31.1 Å². The van der Waals surface area contributed by atoms with Gasteiger partial charge in [-0.15, -0.1) is 0 Å². The number of hydrogen-bond acceptors (Lipinski definition) is 22. The fraction of sp³-hybridized carbons (Fsp3) is 0.912. The molecule has 2 saturated heterocycles. The molecule has 0 radical (unpaired) electrons. The molecule has 2 aliphatic heterocycles. The van der Waals surface area contributed by atoms with Gasteiger partial charge in [0.25, 0.3) is 0 Å². The Morgan fingerprint density at radius 1 is 0.422 bits per heavy atom. The Balaban J connectivity index is -0.000000735. The van der Waals surface area contributed by atoms with Gasteiger partial charge in [-0.05, 0) is 375 Å². The van der Waals surface area contributed by atoms with E-state index in [0.29, 0.717) is 79.4 Å². The van der Waals surface area contributed by atoms with Gasteiger partial charge in [-0.2, -0.15) is 0 Å². The summed E-state index contributed by atoms with van der Waals surface area (Å²) in [7, 11) is 1.26. The number of fused-ring (bicyclic) bond motifs is 14. The predicted molar refractivity (Wildman–Crippen MR) is 549 cm³/mol. The van der Waals surface area contributed by atoms with E-state index in [1.165, 1.54) is 98.5 Å². The molecule has 17 unspecified atom stereocenters. The van der Waals surface area contributed by atoms with E-state index in [1.54, 1.807) is 27.7 Å². The average molecular weight is 1920 g/mol. The van der Waals surface area contributed by atoms with Crippen molar-refractivity contribution in [3.8, 4) is 0 Å². The van der Waals surface area contributed by atoms with Crippen LogP contribution in [0.25, 0.3) is 0 Å². The number of hydrogen-bond donors (Lipinski definition) is 2. The van der Waals surface area contributed by atoms with Crippen LogP contribution >= 0.6 is 0 Å². The molecule has 2 heterocycles. The van der Waals surface area contributed by atoms with Crippen LogP contribution in [0.1, 0.15) is 475 Å². The zero-order valence-corrected chi connectivity index (χ0v) is 81.2. The van der Waals surface area contributed by atoms with Gasteiger partial charge in [-0.3, -0.25) is 33.6 Å². The molecule has 22 nitrogen and oxygen atoms in total. The standard InChI is InChI=1S/C20H32O2.2C16H26O3.C14H22O6.C14H26O2.C11H16O2.C10H18O4.12CH4/c1-5-19(3,4)18(21)22-20(6-2)11-14-10-15(20)17-13-8-7-12(9-13)16(14)17;2*1-4-14(2,3)13(17)19-16-8-11-5-12(9-16)7-15(18,6-11)10-16;1-6-13(2,3)11(16)20-14(4,5)12(17)19-9-7-8-18-10(9)15;1-6-13(4,5)12(15)16-14(11(2)3)9-7-8-10-14;1-11(2)9-7-4-3-6(5-7)8(9)10(12)13-11;1-6-10(3,4)9(12)14-7(2)8(11)13-5;;;;;;;;;;;;/h12-17H,5-11H2,1-4H3;2*11-12,18H,4-10H2,1-3H3;9H,6-8H2,1-5H3;11H,6-10H2,1-5H3;6-9H,3-5H2,1-2H3;7H,6H2,1-5H3;12*1H4. The predicted octanol–water partition coefficient (Wildman–Crippen LogP) is 27.6. The molecule has 798 valence electrons. The second-order valence-electron chi connectivity index (χ2n) is 46.6. The Bertz CT molecular complexity index is 3650. The number of methoxy groups -OCH3 is 1. The van der Waals surface area contributed by atoms with Crippen molar-refractivity contribution >= 4 is 59.7 Å². The average Bonchev–Trinajstić information content (AvgIpc) is 1.57. The highest BCUT2D eigenvalue weighted by Gasteiger charge is 2.69. The summed E-state index contributed by atoms with van der Waals surface area (Å²) >= 11 is 0. The number of aliphatic hydroxyl groups is 2. The Morgan fingerprint density at radius 3 is 1.16 bits per heavy atom. The van der Waals surface area contributed by atoms with Crippen molar-refractivity contribution in [1.82, 2.24) is 0 Å². The minimum absolute atomic E-state index is 0. The highest BCUT2D eigenvalue weighted by molar-refractivity contribution is 5.87. The van der Waals surface area contributed by atoms with Crippen LogP contribution in [0.2, 0.25) is 0 Å². The summed E-state index contributed by atoms with van der Waals surface area (Å²) in [6.07, 6.45) is 30.7. The molecule has 17 fully saturated rings. The molecule has 0 aromatic rings. The summed E-state index contributed by atoms with van der Waals surface area (Å²) in [5.74, 6) is 7.48. The van der Waals surface area contributed by atoms with Crippen molar-refractivity contribution in [2.24, 2.45) is 121 Å². The molecule has 14 bridgehead atoms. The van der Waals surface area contributed by atoms with Crippen LogP contribution in [-0.4, -0.2) is 141 Å². The molecule has 0 spiro atoms. The quantitative estimate of drug-likeness (QED) is 0.0545. The number of carbonyl (C=O) groups excluding carboxylic acids is 10. The van der Waals surface area contributed by atoms with Crippen molar-refractivity contribution in [3.05, 3.63) is 0 Å². The highest BCUT2D eigenvalue weighted by Crippen LogP contribution is 2.71. The van der Waals surface area contributed by atoms with E-state index in [2.05, 4.69) is 46.3 Å². The zero-order chi connectivity index (χ0) is 92.0. The Kier molecular flexibility index (Phi) is 51.4. The normalized spacial score (nSPS) is 32.0. The smallest absolute Gasteiger partial charge is 0.350 e. The lowest BCUT2D eigenvalue weighted by Gasteiger charge is -2.59. The van der Waals surface area contributed by atoms with Crippen LogP contribution in [-0.2, 0) is 95.3 Å². The van der Waals surface area contributed by atoms with Gasteiger partial charge in [0.2, 0.25) is 11.7 Å². The first-order chi connectivity index (χ1) is 56.8. The Morgan fingerprint density at radius 2 is 0.793 bits per heavy atom. The van der Waals surface area contributed by atoms with Crippen molar-refractivity contribution < 1.29 is 106 Å². The van der Waals surface area contributed by atoms with Gasteiger partial charge >= 0.3 is 59.7 Å². The third-order valence-corrected chi connectivity index (χ3v) is 33.9. The molecule has 17 atom stereocenters. The van der Waals surface area contributed by atoms with Gasteiger partial charge in [-0.25, -0.2) is 14.4 Å². The first-order valence-electron chi connectivity index (χ1n) is 48.3. The number of ether oxygens (including phenoxy) is 10. The van der Waals surface area contributed by atoms with E-state index < -0.39 is 74.5 Å². The van der Waals surface area contributed by atoms with Crippen molar-refractivity contribution in [2.45, 2.75) is 532 Å². The number of esters is 10. The largest absolute Gasteiger partial charge is 0.466 e. The van der Waals surface area contributed by atoms with Gasteiger partial charge in [0.1, 0.15) is 28.0 Å². The van der Waals surface area contributed by atoms with Gasteiger partial charge in [0.05, 0.1) is 63.3 Å². The SMILES string of the molecule is C.C.C.C.C.C.C.C.C.C.C.C.CC1(C)OC(=O)C2C3CCC(C3)C21.CCC(C)(C)C(=O)OC(C)(C)C(=O)OC1CCOC1=O.CCC(C)(C)C(=O)OC(C)C(=O)OC.CCC(C)(C)C(=O)OC1(C(C)C)CCCC1.CCC(C)(C)C(=O)OC1(CC)CC2CC1C1C3CCC(C3)C21.CCC(C)(C)C(=O)OC12CC3CC(CC(O)(C3)C1)C2.CCC(C)(C)C(=O)OC12CC3CC(CC(O)(C3)C1)C2. The molecule has 0 aromatic heterocycles. The van der Waals surface area contributed by atoms with Crippen LogP contribution in [0.15, 0.2) is 0 Å². The van der Waals surface area contributed by atoms with Crippen LogP contribution in [0, 0.1) is 121 Å². The number of cyclic esters (lactones) is 2. The fourth-order valence-corrected chi connectivity index (χ4v) is 24.6. The van der Waals surface area contributed by atoms with Crippen molar-refractivity contribution in [1.29, 1.82) is 0 Å². The fourth-order valence-electron chi connectivity index (χ4n) is 24.6. The number of carbonyl (C=O) groups is 10. The molecule has 2 N–H and O–H groups in total. The van der Waals surface area contributed by atoms with Gasteiger partial charge in [0.15, 0.2) is 6.10 Å². The summed E-state index contributed by atoms with van der Waals surface area (Å²) in [4.78, 5) is 119. The molecular weight excluding hydrogens is 1710 g/mol. The first kappa shape index (κ1) is 136. The maximum absolute atomic E-state index is 12.7. The molecule has 17 aliphatic rings. The Labute approximate surface area is 827 Å². The molecule has 0 amide bonds. The minimum Gasteiger partial charge on any atom is -0.466 e. The van der Waals surface area contributed by atoms with E-state index in [9.17, 15) is 58.2 Å². The third kappa shape index (κ3) is 30.1. The molecule has 17 rings (SSSR count). The van der Waals surface area contributed by atoms with Gasteiger partial charge in [-0.1, -0.05) is 151 Å². The third-order valence-electron chi connectivity index (χ3n) is 33.9. The maximum atomic E-state index is 12.7.